The number of fused-ring (bicyclic) bond motifs is 1. The number of hydrogen-bond acceptors (Lipinski definition) is 5. The second kappa shape index (κ2) is 6.17. The minimum atomic E-state index is 0.477. The first-order valence-electron chi connectivity index (χ1n) is 7.97. The quantitative estimate of drug-likeness (QED) is 0.777. The Morgan fingerprint density at radius 1 is 0.917 bits per heavy atom. The molecular formula is C18H18ClN5. The molecular weight excluding hydrogens is 322 g/mol. The first-order valence-corrected chi connectivity index (χ1v) is 8.35. The van der Waals surface area contributed by atoms with E-state index >= 15 is 0 Å². The van der Waals surface area contributed by atoms with Crippen molar-refractivity contribution in [2.75, 3.05) is 41.7 Å². The average molecular weight is 340 g/mol. The van der Waals surface area contributed by atoms with Crippen molar-refractivity contribution in [1.82, 2.24) is 10.2 Å². The number of nitrogens with zero attached hydrogens (tertiary/aromatic N) is 4. The summed E-state index contributed by atoms with van der Waals surface area (Å²) in [4.78, 5) is 4.75. The summed E-state index contributed by atoms with van der Waals surface area (Å²) in [7, 11) is 0. The van der Waals surface area contributed by atoms with Crippen LogP contribution in [0, 0.1) is 0 Å². The van der Waals surface area contributed by atoms with Gasteiger partial charge in [0.1, 0.15) is 0 Å². The maximum Gasteiger partial charge on any atom is 0.153 e. The fourth-order valence-electron chi connectivity index (χ4n) is 3.19. The number of rotatable bonds is 2. The summed E-state index contributed by atoms with van der Waals surface area (Å²) in [5.74, 6) is 0.477. The predicted octanol–water partition coefficient (Wildman–Crippen LogP) is 3.19. The van der Waals surface area contributed by atoms with Crippen molar-refractivity contribution in [3.05, 3.63) is 53.7 Å². The molecule has 6 heteroatoms. The second-order valence-corrected chi connectivity index (χ2v) is 6.39. The van der Waals surface area contributed by atoms with Crippen LogP contribution < -0.4 is 15.5 Å². The zero-order valence-corrected chi connectivity index (χ0v) is 13.9. The molecule has 0 atom stereocenters. The Labute approximate surface area is 145 Å². The molecule has 0 bridgehead atoms. The number of nitrogens with two attached hydrogens (primary N) is 1. The molecule has 2 N–H and O–H groups in total. The van der Waals surface area contributed by atoms with E-state index < -0.39 is 0 Å². The van der Waals surface area contributed by atoms with Gasteiger partial charge in [0.15, 0.2) is 5.82 Å². The molecule has 1 aliphatic heterocycles. The van der Waals surface area contributed by atoms with Crippen LogP contribution in [0.3, 0.4) is 0 Å². The molecule has 0 saturated carbocycles. The number of piperazine rings is 1. The van der Waals surface area contributed by atoms with E-state index in [1.54, 1.807) is 6.20 Å². The molecule has 1 saturated heterocycles. The van der Waals surface area contributed by atoms with Crippen LogP contribution in [0.2, 0.25) is 5.02 Å². The van der Waals surface area contributed by atoms with Gasteiger partial charge in [-0.2, -0.15) is 5.10 Å². The van der Waals surface area contributed by atoms with E-state index in [4.69, 9.17) is 17.3 Å². The Kier molecular flexibility index (Phi) is 3.86. The van der Waals surface area contributed by atoms with E-state index in [1.807, 2.05) is 24.3 Å². The number of benzene rings is 2. The predicted molar refractivity (Wildman–Crippen MR) is 99.8 cm³/mol. The highest BCUT2D eigenvalue weighted by molar-refractivity contribution is 6.30. The second-order valence-electron chi connectivity index (χ2n) is 5.96. The van der Waals surface area contributed by atoms with E-state index in [9.17, 15) is 0 Å². The van der Waals surface area contributed by atoms with E-state index in [1.165, 1.54) is 11.4 Å². The summed E-state index contributed by atoms with van der Waals surface area (Å²) in [5, 5.41) is 10.6. The molecule has 0 radical (unpaired) electrons. The minimum absolute atomic E-state index is 0.477. The minimum Gasteiger partial charge on any atom is -0.382 e. The Balaban J connectivity index is 1.51. The van der Waals surface area contributed by atoms with Gasteiger partial charge in [-0.05, 0) is 36.4 Å². The van der Waals surface area contributed by atoms with Crippen LogP contribution in [-0.4, -0.2) is 36.4 Å². The summed E-state index contributed by atoms with van der Waals surface area (Å²) >= 11 is 6.10. The summed E-state index contributed by atoms with van der Waals surface area (Å²) < 4.78 is 0. The molecule has 1 aliphatic rings. The van der Waals surface area contributed by atoms with Gasteiger partial charge in [0.25, 0.3) is 0 Å². The van der Waals surface area contributed by atoms with Gasteiger partial charge in [-0.1, -0.05) is 17.7 Å². The van der Waals surface area contributed by atoms with Crippen LogP contribution in [0.15, 0.2) is 48.7 Å². The monoisotopic (exact) mass is 339 g/mol. The van der Waals surface area contributed by atoms with Crippen molar-refractivity contribution < 1.29 is 0 Å². The molecule has 0 unspecified atom stereocenters. The standard InChI is InChI=1S/C18H18ClN5/c19-14-2-1-3-15(11-14)23-6-8-24(9-7-23)16-4-5-17-13(10-16)12-21-22-18(17)20/h1-5,10-12H,6-9H2,(H2,20,22). The summed E-state index contributed by atoms with van der Waals surface area (Å²) in [6.45, 7) is 3.86. The molecule has 0 aliphatic carbocycles. The van der Waals surface area contributed by atoms with Crippen LogP contribution in [0.1, 0.15) is 0 Å². The van der Waals surface area contributed by atoms with Gasteiger partial charge in [0.2, 0.25) is 0 Å². The SMILES string of the molecule is Nc1nncc2cc(N3CCN(c4cccc(Cl)c4)CC3)ccc12. The number of hydrogen-bond donors (Lipinski definition) is 1. The van der Waals surface area contributed by atoms with Crippen molar-refractivity contribution in [3.63, 3.8) is 0 Å². The van der Waals surface area contributed by atoms with E-state index in [2.05, 4.69) is 38.2 Å². The summed E-state index contributed by atoms with van der Waals surface area (Å²) in [5.41, 5.74) is 8.25. The lowest BCUT2D eigenvalue weighted by Crippen LogP contribution is -2.46. The number of aromatic nitrogens is 2. The van der Waals surface area contributed by atoms with Crippen molar-refractivity contribution >= 4 is 39.6 Å². The lowest BCUT2D eigenvalue weighted by molar-refractivity contribution is 0.654. The lowest BCUT2D eigenvalue weighted by Gasteiger charge is -2.37. The third-order valence-corrected chi connectivity index (χ3v) is 4.73. The molecule has 1 fully saturated rings. The molecule has 1 aromatic heterocycles. The topological polar surface area (TPSA) is 58.3 Å². The third-order valence-electron chi connectivity index (χ3n) is 4.49. The van der Waals surface area contributed by atoms with Crippen LogP contribution in [0.25, 0.3) is 10.8 Å². The van der Waals surface area contributed by atoms with Gasteiger partial charge < -0.3 is 15.5 Å². The maximum absolute atomic E-state index is 6.10. The van der Waals surface area contributed by atoms with Crippen LogP contribution in [0.5, 0.6) is 0 Å². The van der Waals surface area contributed by atoms with Crippen LogP contribution >= 0.6 is 11.6 Å². The highest BCUT2D eigenvalue weighted by atomic mass is 35.5. The van der Waals surface area contributed by atoms with Crippen molar-refractivity contribution in [1.29, 1.82) is 0 Å². The van der Waals surface area contributed by atoms with Crippen molar-refractivity contribution in [2.24, 2.45) is 0 Å². The average Bonchev–Trinajstić information content (AvgIpc) is 2.62. The highest BCUT2D eigenvalue weighted by Gasteiger charge is 2.18. The molecule has 122 valence electrons. The van der Waals surface area contributed by atoms with Crippen LogP contribution in [-0.2, 0) is 0 Å². The molecule has 24 heavy (non-hydrogen) atoms. The van der Waals surface area contributed by atoms with E-state index in [0.717, 1.165) is 42.0 Å². The summed E-state index contributed by atoms with van der Waals surface area (Å²) in [6, 6.07) is 14.3. The van der Waals surface area contributed by atoms with Gasteiger partial charge in [-0.3, -0.25) is 0 Å². The maximum atomic E-state index is 6.10. The van der Waals surface area contributed by atoms with E-state index in [-0.39, 0.29) is 0 Å². The summed E-state index contributed by atoms with van der Waals surface area (Å²) in [6.07, 6.45) is 1.76. The fourth-order valence-corrected chi connectivity index (χ4v) is 3.37. The first kappa shape index (κ1) is 15.0. The largest absolute Gasteiger partial charge is 0.382 e. The zero-order valence-electron chi connectivity index (χ0n) is 13.2. The van der Waals surface area contributed by atoms with Crippen LogP contribution in [0.4, 0.5) is 17.2 Å². The first-order chi connectivity index (χ1) is 11.7. The molecule has 4 rings (SSSR count). The van der Waals surface area contributed by atoms with Gasteiger partial charge in [-0.25, -0.2) is 0 Å². The lowest BCUT2D eigenvalue weighted by atomic mass is 10.1. The zero-order chi connectivity index (χ0) is 16.5. The van der Waals surface area contributed by atoms with Gasteiger partial charge in [0.05, 0.1) is 6.20 Å². The van der Waals surface area contributed by atoms with E-state index in [0.29, 0.717) is 5.82 Å². The molecule has 5 nitrogen and oxygen atoms in total. The molecule has 3 aromatic rings. The molecule has 0 amide bonds. The van der Waals surface area contributed by atoms with Crippen molar-refractivity contribution in [3.8, 4) is 0 Å². The number of nitrogen functional groups attached to an aromatic ring is 1. The number of halogens is 1. The Hall–Kier alpha value is -2.53. The Bertz CT molecular complexity index is 874. The Morgan fingerprint density at radius 2 is 1.62 bits per heavy atom. The van der Waals surface area contributed by atoms with Gasteiger partial charge in [0, 0.05) is 53.3 Å². The molecule has 0 spiro atoms. The van der Waals surface area contributed by atoms with Gasteiger partial charge in [-0.15, -0.1) is 5.10 Å². The Morgan fingerprint density at radius 3 is 2.33 bits per heavy atom. The fraction of sp³-hybridized carbons (Fsp3) is 0.222. The van der Waals surface area contributed by atoms with Gasteiger partial charge >= 0.3 is 0 Å². The molecule has 2 heterocycles. The van der Waals surface area contributed by atoms with Crippen molar-refractivity contribution in [2.45, 2.75) is 0 Å². The normalized spacial score (nSPS) is 15.0. The third kappa shape index (κ3) is 2.83. The highest BCUT2D eigenvalue weighted by Crippen LogP contribution is 2.26. The number of anilines is 3. The smallest absolute Gasteiger partial charge is 0.153 e. The molecule has 2 aromatic carbocycles.